The number of nitrogens with zero attached hydrogens (tertiary/aromatic N) is 1. The number of hydrogen-bond donors (Lipinski definition) is 1. The van der Waals surface area contributed by atoms with Crippen molar-refractivity contribution in [1.29, 1.82) is 5.26 Å². The topological polar surface area (TPSA) is 62.1 Å². The Morgan fingerprint density at radius 1 is 1.13 bits per heavy atom. The Hall–Kier alpha value is -3.91. The first-order chi connectivity index (χ1) is 14.9. The van der Waals surface area contributed by atoms with Gasteiger partial charge in [0.05, 0.1) is 7.11 Å². The molecule has 0 aliphatic carbocycles. The number of methoxy groups -OCH3 is 1. The number of hydrogen-bond acceptors (Lipinski definition) is 3. The van der Waals surface area contributed by atoms with E-state index in [1.165, 1.54) is 12.1 Å². The Bertz CT molecular complexity index is 1190. The molecular weight excluding hydrogens is 391 g/mol. The molecule has 0 heterocycles. The molecule has 1 N–H and O–H groups in total. The van der Waals surface area contributed by atoms with Crippen molar-refractivity contribution >= 4 is 17.7 Å². The van der Waals surface area contributed by atoms with Gasteiger partial charge in [0.2, 0.25) is 0 Å². The summed E-state index contributed by atoms with van der Waals surface area (Å²) in [4.78, 5) is 12.7. The lowest BCUT2D eigenvalue weighted by molar-refractivity contribution is -0.112. The minimum absolute atomic E-state index is 0.0226. The molecule has 0 spiro atoms. The fraction of sp³-hybridized carbons (Fsp3) is 0.154. The van der Waals surface area contributed by atoms with E-state index in [-0.39, 0.29) is 11.4 Å². The quantitative estimate of drug-likeness (QED) is 0.423. The van der Waals surface area contributed by atoms with Gasteiger partial charge in [0.15, 0.2) is 0 Å². The van der Waals surface area contributed by atoms with E-state index in [2.05, 4.69) is 5.32 Å². The van der Waals surface area contributed by atoms with Gasteiger partial charge in [0.1, 0.15) is 23.2 Å². The van der Waals surface area contributed by atoms with Crippen molar-refractivity contribution in [3.05, 3.63) is 99.9 Å². The number of anilines is 1. The largest absolute Gasteiger partial charge is 0.497 e. The van der Waals surface area contributed by atoms with E-state index in [4.69, 9.17) is 4.74 Å². The van der Waals surface area contributed by atoms with E-state index in [1.807, 2.05) is 50.2 Å². The molecule has 4 nitrogen and oxygen atoms in total. The highest BCUT2D eigenvalue weighted by molar-refractivity contribution is 6.10. The summed E-state index contributed by atoms with van der Waals surface area (Å²) in [5.74, 6) is -0.160. The van der Waals surface area contributed by atoms with Crippen molar-refractivity contribution in [2.45, 2.75) is 20.3 Å². The van der Waals surface area contributed by atoms with Crippen molar-refractivity contribution in [3.63, 3.8) is 0 Å². The Kier molecular flexibility index (Phi) is 6.84. The van der Waals surface area contributed by atoms with E-state index in [0.717, 1.165) is 22.3 Å². The summed E-state index contributed by atoms with van der Waals surface area (Å²) < 4.78 is 18.9. The van der Waals surface area contributed by atoms with E-state index >= 15 is 0 Å². The van der Waals surface area contributed by atoms with Crippen LogP contribution in [0.5, 0.6) is 5.75 Å². The highest BCUT2D eigenvalue weighted by atomic mass is 19.1. The average Bonchev–Trinajstić information content (AvgIpc) is 2.74. The molecule has 3 rings (SSSR count). The Morgan fingerprint density at radius 3 is 2.61 bits per heavy atom. The molecule has 5 heteroatoms. The van der Waals surface area contributed by atoms with Crippen LogP contribution in [0, 0.1) is 31.0 Å². The van der Waals surface area contributed by atoms with Gasteiger partial charge in [-0.05, 0) is 78.9 Å². The fourth-order valence-electron chi connectivity index (χ4n) is 3.32. The van der Waals surface area contributed by atoms with E-state index < -0.39 is 5.91 Å². The smallest absolute Gasteiger partial charge is 0.266 e. The SMILES string of the molecule is COc1ccc(/C=C(\C#N)C(=O)Nc2ccc(C)cc2C)c(Cc2cccc(F)c2)c1. The molecular formula is C26H23FN2O2. The number of nitrogens with one attached hydrogen (secondary N) is 1. The van der Waals surface area contributed by atoms with Crippen molar-refractivity contribution < 1.29 is 13.9 Å². The molecule has 3 aromatic rings. The molecule has 0 aromatic heterocycles. The number of rotatable bonds is 6. The summed E-state index contributed by atoms with van der Waals surface area (Å²) >= 11 is 0. The standard InChI is InChI=1S/C26H23FN2O2/c1-17-7-10-25(18(2)11-17)29-26(30)22(16-28)14-20-8-9-24(31-3)15-21(20)12-19-5-4-6-23(27)13-19/h4-11,13-15H,12H2,1-3H3,(H,29,30)/b22-14+. The average molecular weight is 414 g/mol. The summed E-state index contributed by atoms with van der Waals surface area (Å²) in [5, 5.41) is 12.4. The van der Waals surface area contributed by atoms with Gasteiger partial charge < -0.3 is 10.1 Å². The van der Waals surface area contributed by atoms with Crippen molar-refractivity contribution in [2.24, 2.45) is 0 Å². The number of halogens is 1. The molecule has 156 valence electrons. The van der Waals surface area contributed by atoms with Crippen LogP contribution in [0.1, 0.15) is 27.8 Å². The van der Waals surface area contributed by atoms with Crippen LogP contribution in [0.15, 0.2) is 66.2 Å². The van der Waals surface area contributed by atoms with E-state index in [9.17, 15) is 14.4 Å². The maximum Gasteiger partial charge on any atom is 0.266 e. The number of nitriles is 1. The zero-order valence-electron chi connectivity index (χ0n) is 17.7. The van der Waals surface area contributed by atoms with Gasteiger partial charge >= 0.3 is 0 Å². The second kappa shape index (κ2) is 9.73. The Morgan fingerprint density at radius 2 is 1.94 bits per heavy atom. The summed E-state index contributed by atoms with van der Waals surface area (Å²) in [6.07, 6.45) is 1.98. The molecule has 0 aliphatic rings. The van der Waals surface area contributed by atoms with Crippen LogP contribution in [-0.4, -0.2) is 13.0 Å². The van der Waals surface area contributed by atoms with Crippen molar-refractivity contribution in [3.8, 4) is 11.8 Å². The Balaban J connectivity index is 1.93. The minimum Gasteiger partial charge on any atom is -0.497 e. The van der Waals surface area contributed by atoms with Crippen LogP contribution in [0.25, 0.3) is 6.08 Å². The summed E-state index contributed by atoms with van der Waals surface area (Å²) in [6.45, 7) is 3.88. The number of carbonyl (C=O) groups is 1. The molecule has 0 radical (unpaired) electrons. The van der Waals surface area contributed by atoms with Gasteiger partial charge in [0, 0.05) is 5.69 Å². The fourth-order valence-corrected chi connectivity index (χ4v) is 3.32. The molecule has 31 heavy (non-hydrogen) atoms. The van der Waals surface area contributed by atoms with Crippen LogP contribution < -0.4 is 10.1 Å². The van der Waals surface area contributed by atoms with Gasteiger partial charge in [-0.1, -0.05) is 35.9 Å². The lowest BCUT2D eigenvalue weighted by Gasteiger charge is -2.11. The Labute approximate surface area is 181 Å². The third kappa shape index (κ3) is 5.58. The highest BCUT2D eigenvalue weighted by Crippen LogP contribution is 2.24. The number of amides is 1. The second-order valence-corrected chi connectivity index (χ2v) is 7.31. The molecule has 0 aliphatic heterocycles. The van der Waals surface area contributed by atoms with Gasteiger partial charge in [-0.15, -0.1) is 0 Å². The van der Waals surface area contributed by atoms with Crippen LogP contribution in [-0.2, 0) is 11.2 Å². The van der Waals surface area contributed by atoms with E-state index in [1.54, 1.807) is 31.4 Å². The van der Waals surface area contributed by atoms with Gasteiger partial charge in [-0.3, -0.25) is 4.79 Å². The maximum absolute atomic E-state index is 13.6. The summed E-state index contributed by atoms with van der Waals surface area (Å²) in [7, 11) is 1.56. The predicted molar refractivity (Wildman–Crippen MR) is 120 cm³/mol. The molecule has 0 fully saturated rings. The van der Waals surface area contributed by atoms with Crippen molar-refractivity contribution in [2.75, 3.05) is 12.4 Å². The summed E-state index contributed by atoms with van der Waals surface area (Å²) in [6, 6.07) is 19.4. The minimum atomic E-state index is -0.484. The lowest BCUT2D eigenvalue weighted by atomic mass is 9.97. The van der Waals surface area contributed by atoms with Crippen LogP contribution in [0.2, 0.25) is 0 Å². The molecule has 0 bridgehead atoms. The zero-order chi connectivity index (χ0) is 22.4. The van der Waals surface area contributed by atoms with Crippen LogP contribution in [0.3, 0.4) is 0 Å². The van der Waals surface area contributed by atoms with Crippen LogP contribution >= 0.6 is 0 Å². The summed E-state index contributed by atoms with van der Waals surface area (Å²) in [5.41, 5.74) is 4.93. The first-order valence-electron chi connectivity index (χ1n) is 9.81. The van der Waals surface area contributed by atoms with Gasteiger partial charge in [-0.2, -0.15) is 5.26 Å². The third-order valence-electron chi connectivity index (χ3n) is 4.93. The molecule has 0 unspecified atom stereocenters. The third-order valence-corrected chi connectivity index (χ3v) is 4.93. The monoisotopic (exact) mass is 414 g/mol. The first kappa shape index (κ1) is 21.8. The first-order valence-corrected chi connectivity index (χ1v) is 9.81. The zero-order valence-corrected chi connectivity index (χ0v) is 17.7. The normalized spacial score (nSPS) is 11.0. The van der Waals surface area contributed by atoms with Crippen molar-refractivity contribution in [1.82, 2.24) is 0 Å². The highest BCUT2D eigenvalue weighted by Gasteiger charge is 2.13. The molecule has 0 saturated carbocycles. The van der Waals surface area contributed by atoms with Gasteiger partial charge in [-0.25, -0.2) is 4.39 Å². The number of aryl methyl sites for hydroxylation is 2. The van der Waals surface area contributed by atoms with E-state index in [0.29, 0.717) is 23.4 Å². The molecule has 0 atom stereocenters. The number of ether oxygens (including phenoxy) is 1. The maximum atomic E-state index is 13.6. The van der Waals surface area contributed by atoms with Crippen LogP contribution in [0.4, 0.5) is 10.1 Å². The predicted octanol–water partition coefficient (Wildman–Crippen LogP) is 5.59. The van der Waals surface area contributed by atoms with Gasteiger partial charge in [0.25, 0.3) is 5.91 Å². The number of benzene rings is 3. The molecule has 1 amide bonds. The second-order valence-electron chi connectivity index (χ2n) is 7.31. The molecule has 3 aromatic carbocycles. The molecule has 0 saturated heterocycles. The number of carbonyl (C=O) groups excluding carboxylic acids is 1. The lowest BCUT2D eigenvalue weighted by Crippen LogP contribution is -2.14.